The molecule has 1 aliphatic rings. The molecule has 0 saturated carbocycles. The van der Waals surface area contributed by atoms with Crippen LogP contribution in [0, 0.1) is 0 Å². The van der Waals surface area contributed by atoms with Crippen molar-refractivity contribution in [2.24, 2.45) is 0 Å². The van der Waals surface area contributed by atoms with Crippen molar-refractivity contribution < 1.29 is 44.4 Å². The molecule has 0 atom stereocenters. The third-order valence-electron chi connectivity index (χ3n) is 5.22. The van der Waals surface area contributed by atoms with Gasteiger partial charge in [-0.3, -0.25) is 4.58 Å². The third-order valence-corrected chi connectivity index (χ3v) is 8.05. The topological polar surface area (TPSA) is 60.2 Å². The molecule has 0 radical (unpaired) electrons. The molecule has 0 unspecified atom stereocenters. The van der Waals surface area contributed by atoms with Gasteiger partial charge in [-0.25, -0.2) is 9.69 Å². The molecule has 2 rings (SSSR count). The van der Waals surface area contributed by atoms with Gasteiger partial charge < -0.3 is 35.0 Å². The predicted octanol–water partition coefficient (Wildman–Crippen LogP) is -0.863. The molecule has 1 aromatic rings. The van der Waals surface area contributed by atoms with Gasteiger partial charge in [-0.2, -0.15) is 0 Å². The number of hydrogen-bond donors (Lipinski definition) is 0. The minimum Gasteiger partial charge on any atom is -1.00 e. The fourth-order valence-corrected chi connectivity index (χ4v) is 4.92. The van der Waals surface area contributed by atoms with Crippen molar-refractivity contribution in [1.29, 1.82) is 0 Å². The van der Waals surface area contributed by atoms with Crippen molar-refractivity contribution in [3.8, 4) is 0 Å². The van der Waals surface area contributed by atoms with E-state index in [1.165, 1.54) is 0 Å². The standard InChI is InChI=1S/C20H33N2O5Si.BrH/c1-20(2,19(23)27-16-18-10-7-6-8-11-18)22-14-13-21(17-22)12-9-15-28(24-3,25-4)26-5;/h6-8,10-11,17H,9,12-16H2,1-5H3;1H/q+1;/p-1. The number of rotatable bonds is 11. The summed E-state index contributed by atoms with van der Waals surface area (Å²) in [5.74, 6) is -0.223. The Morgan fingerprint density at radius 1 is 1.14 bits per heavy atom. The highest BCUT2D eigenvalue weighted by molar-refractivity contribution is 6.60. The van der Waals surface area contributed by atoms with E-state index >= 15 is 0 Å². The molecule has 9 heteroatoms. The van der Waals surface area contributed by atoms with E-state index in [4.69, 9.17) is 18.0 Å². The zero-order valence-electron chi connectivity index (χ0n) is 18.0. The molecule has 0 saturated heterocycles. The maximum atomic E-state index is 12.6. The van der Waals surface area contributed by atoms with Crippen LogP contribution in [0.25, 0.3) is 0 Å². The fraction of sp³-hybridized carbons (Fsp3) is 0.600. The summed E-state index contributed by atoms with van der Waals surface area (Å²) in [4.78, 5) is 14.7. The minimum absolute atomic E-state index is 0. The summed E-state index contributed by atoms with van der Waals surface area (Å²) in [6.07, 6.45) is 2.92. The van der Waals surface area contributed by atoms with Crippen LogP contribution in [0.1, 0.15) is 25.8 Å². The van der Waals surface area contributed by atoms with E-state index in [0.29, 0.717) is 6.61 Å². The van der Waals surface area contributed by atoms with Crippen LogP contribution in [0.3, 0.4) is 0 Å². The normalized spacial score (nSPS) is 14.4. The lowest BCUT2D eigenvalue weighted by atomic mass is 10.0. The molecule has 0 aromatic heterocycles. The van der Waals surface area contributed by atoms with Crippen LogP contribution >= 0.6 is 0 Å². The molecule has 0 spiro atoms. The van der Waals surface area contributed by atoms with Gasteiger partial charge in [-0.15, -0.1) is 0 Å². The number of carbonyl (C=O) groups excluding carboxylic acids is 1. The van der Waals surface area contributed by atoms with Crippen LogP contribution in [0.5, 0.6) is 0 Å². The van der Waals surface area contributed by atoms with Crippen LogP contribution in [0.15, 0.2) is 30.3 Å². The first-order chi connectivity index (χ1) is 13.4. The number of carbonyl (C=O) groups is 1. The van der Waals surface area contributed by atoms with Gasteiger partial charge in [0.1, 0.15) is 19.7 Å². The van der Waals surface area contributed by atoms with E-state index in [0.717, 1.165) is 37.7 Å². The fourth-order valence-electron chi connectivity index (χ4n) is 3.21. The van der Waals surface area contributed by atoms with E-state index in [2.05, 4.69) is 4.58 Å². The van der Waals surface area contributed by atoms with Crippen LogP contribution in [0.2, 0.25) is 6.04 Å². The number of hydrogen-bond acceptors (Lipinski definition) is 6. The lowest BCUT2D eigenvalue weighted by Gasteiger charge is -2.26. The molecule has 0 aliphatic carbocycles. The Hall–Kier alpha value is -1.26. The Labute approximate surface area is 185 Å². The first-order valence-electron chi connectivity index (χ1n) is 9.59. The van der Waals surface area contributed by atoms with Gasteiger partial charge in [0.2, 0.25) is 6.34 Å². The van der Waals surface area contributed by atoms with Crippen LogP contribution in [0.4, 0.5) is 0 Å². The maximum Gasteiger partial charge on any atom is 0.500 e. The quantitative estimate of drug-likeness (QED) is 0.229. The monoisotopic (exact) mass is 488 g/mol. The number of nitrogens with zero attached hydrogens (tertiary/aromatic N) is 2. The second kappa shape index (κ2) is 11.8. The first-order valence-corrected chi connectivity index (χ1v) is 11.5. The highest BCUT2D eigenvalue weighted by Crippen LogP contribution is 2.19. The molecular formula is C20H33BrN2O5Si. The van der Waals surface area contributed by atoms with E-state index in [-0.39, 0.29) is 23.0 Å². The molecular weight excluding hydrogens is 456 g/mol. The summed E-state index contributed by atoms with van der Waals surface area (Å²) in [5, 5.41) is 0. The number of benzene rings is 1. The average Bonchev–Trinajstić information content (AvgIpc) is 3.20. The lowest BCUT2D eigenvalue weighted by Crippen LogP contribution is -3.00. The van der Waals surface area contributed by atoms with Crippen molar-refractivity contribution in [1.82, 2.24) is 4.90 Å². The molecule has 1 aliphatic heterocycles. The summed E-state index contributed by atoms with van der Waals surface area (Å²) in [6, 6.07) is 10.5. The predicted molar refractivity (Wildman–Crippen MR) is 109 cm³/mol. The summed E-state index contributed by atoms with van der Waals surface area (Å²) in [7, 11) is 2.36. The number of halogens is 1. The van der Waals surface area contributed by atoms with Crippen LogP contribution in [-0.4, -0.2) is 77.1 Å². The molecule has 164 valence electrons. The molecule has 7 nitrogen and oxygen atoms in total. The molecule has 0 N–H and O–H groups in total. The van der Waals surface area contributed by atoms with E-state index in [1.807, 2.05) is 55.4 Å². The van der Waals surface area contributed by atoms with Crippen molar-refractivity contribution >= 4 is 21.1 Å². The van der Waals surface area contributed by atoms with Crippen LogP contribution in [-0.2, 0) is 29.4 Å². The van der Waals surface area contributed by atoms with Crippen molar-refractivity contribution in [2.45, 2.75) is 38.5 Å². The second-order valence-corrected chi connectivity index (χ2v) is 10.5. The van der Waals surface area contributed by atoms with Gasteiger partial charge in [0.15, 0.2) is 5.54 Å². The molecule has 0 fully saturated rings. The van der Waals surface area contributed by atoms with Gasteiger partial charge in [0.05, 0.1) is 6.54 Å². The maximum absolute atomic E-state index is 12.6. The number of esters is 1. The molecule has 0 bridgehead atoms. The summed E-state index contributed by atoms with van der Waals surface area (Å²) >= 11 is 0. The summed E-state index contributed by atoms with van der Waals surface area (Å²) < 4.78 is 24.2. The van der Waals surface area contributed by atoms with Gasteiger partial charge >= 0.3 is 14.8 Å². The Kier molecular flexibility index (Phi) is 10.5. The van der Waals surface area contributed by atoms with Crippen molar-refractivity contribution in [3.05, 3.63) is 35.9 Å². The van der Waals surface area contributed by atoms with Crippen LogP contribution < -0.4 is 17.0 Å². The zero-order chi connectivity index (χ0) is 20.6. The molecule has 1 aromatic carbocycles. The number of ether oxygens (including phenoxy) is 1. The third kappa shape index (κ3) is 6.89. The first kappa shape index (κ1) is 25.8. The van der Waals surface area contributed by atoms with E-state index in [9.17, 15) is 4.79 Å². The highest BCUT2D eigenvalue weighted by atomic mass is 79.9. The summed E-state index contributed by atoms with van der Waals surface area (Å²) in [6.45, 7) is 6.61. The van der Waals surface area contributed by atoms with Gasteiger partial charge in [-0.1, -0.05) is 30.3 Å². The van der Waals surface area contributed by atoms with E-state index in [1.54, 1.807) is 21.3 Å². The largest absolute Gasteiger partial charge is 1.00 e. The highest BCUT2D eigenvalue weighted by Gasteiger charge is 2.43. The Morgan fingerprint density at radius 2 is 1.76 bits per heavy atom. The smallest absolute Gasteiger partial charge is 0.500 e. The SMILES string of the molecule is CO[Si](CCC[N+]1=CN(C(C)(C)C(=O)OCc2ccccc2)CC1)(OC)OC.[Br-]. The molecule has 1 heterocycles. The van der Waals surface area contributed by atoms with Gasteiger partial charge in [-0.05, 0) is 25.8 Å². The summed E-state index contributed by atoms with van der Waals surface area (Å²) in [5.41, 5.74) is 0.272. The Morgan fingerprint density at radius 3 is 2.34 bits per heavy atom. The van der Waals surface area contributed by atoms with Crippen molar-refractivity contribution in [2.75, 3.05) is 41.0 Å². The van der Waals surface area contributed by atoms with Gasteiger partial charge in [0, 0.05) is 27.4 Å². The lowest BCUT2D eigenvalue weighted by molar-refractivity contribution is -0.513. The molecule has 0 amide bonds. The molecule has 29 heavy (non-hydrogen) atoms. The second-order valence-electron chi connectivity index (χ2n) is 7.36. The average molecular weight is 489 g/mol. The minimum atomic E-state index is -2.53. The Bertz CT molecular complexity index is 660. The van der Waals surface area contributed by atoms with Crippen molar-refractivity contribution in [3.63, 3.8) is 0 Å². The Balaban J connectivity index is 0.00000420. The van der Waals surface area contributed by atoms with E-state index < -0.39 is 14.3 Å². The zero-order valence-corrected chi connectivity index (χ0v) is 20.6. The van der Waals surface area contributed by atoms with Gasteiger partial charge in [0.25, 0.3) is 0 Å².